The first-order valence-electron chi connectivity index (χ1n) is 4.70. The molecule has 94 valence electrons. The quantitative estimate of drug-likeness (QED) is 0.563. The fourth-order valence-electron chi connectivity index (χ4n) is 1.09. The Kier molecular flexibility index (Phi) is 4.32. The van der Waals surface area contributed by atoms with E-state index in [-0.39, 0.29) is 12.4 Å². The molecule has 0 bridgehead atoms. The van der Waals surface area contributed by atoms with Gasteiger partial charge in [-0.05, 0) is 0 Å². The van der Waals surface area contributed by atoms with Crippen molar-refractivity contribution >= 4 is 17.8 Å². The molecular weight excluding hydrogens is 234 g/mol. The molecule has 0 aromatic rings. The summed E-state index contributed by atoms with van der Waals surface area (Å²) in [5, 5.41) is 19.2. The van der Waals surface area contributed by atoms with Crippen LogP contribution in [0.2, 0.25) is 0 Å². The first-order valence-corrected chi connectivity index (χ1v) is 4.70. The second kappa shape index (κ2) is 5.73. The van der Waals surface area contributed by atoms with Crippen LogP contribution in [-0.2, 0) is 23.9 Å². The van der Waals surface area contributed by atoms with Crippen LogP contribution >= 0.6 is 0 Å². The molecule has 8 nitrogen and oxygen atoms in total. The number of carbonyl (C=O) groups is 3. The first-order chi connectivity index (χ1) is 8.00. The van der Waals surface area contributed by atoms with E-state index in [1.807, 2.05) is 5.32 Å². The molecule has 17 heavy (non-hydrogen) atoms. The van der Waals surface area contributed by atoms with E-state index in [2.05, 4.69) is 0 Å². The molecule has 0 aromatic heterocycles. The lowest BCUT2D eigenvalue weighted by Gasteiger charge is -2.17. The third-order valence-electron chi connectivity index (χ3n) is 1.86. The highest BCUT2D eigenvalue weighted by Crippen LogP contribution is 2.05. The second-order valence-corrected chi connectivity index (χ2v) is 3.16. The van der Waals surface area contributed by atoms with Gasteiger partial charge in [-0.1, -0.05) is 0 Å². The highest BCUT2D eigenvalue weighted by atomic mass is 16.6. The number of hydrogen-bond donors (Lipinski definition) is 3. The van der Waals surface area contributed by atoms with Crippen LogP contribution < -0.4 is 5.32 Å². The number of carboxylic acids is 2. The van der Waals surface area contributed by atoms with Gasteiger partial charge in [-0.25, -0.2) is 4.79 Å². The van der Waals surface area contributed by atoms with Gasteiger partial charge in [0.25, 0.3) is 5.91 Å². The van der Waals surface area contributed by atoms with Gasteiger partial charge in [0.05, 0.1) is 6.42 Å². The summed E-state index contributed by atoms with van der Waals surface area (Å²) in [5.74, 6) is -3.75. The van der Waals surface area contributed by atoms with Crippen LogP contribution in [0.5, 0.6) is 0 Å². The van der Waals surface area contributed by atoms with E-state index in [4.69, 9.17) is 19.7 Å². The number of carboxylic acid groups (broad SMARTS) is 2. The zero-order valence-corrected chi connectivity index (χ0v) is 8.71. The topological polar surface area (TPSA) is 122 Å². The third kappa shape index (κ3) is 4.01. The van der Waals surface area contributed by atoms with E-state index >= 15 is 0 Å². The van der Waals surface area contributed by atoms with Gasteiger partial charge in [0.1, 0.15) is 25.5 Å². The van der Waals surface area contributed by atoms with Crippen LogP contribution in [0.25, 0.3) is 0 Å². The van der Waals surface area contributed by atoms with Crippen LogP contribution in [0.15, 0.2) is 12.0 Å². The fraction of sp³-hybridized carbons (Fsp3) is 0.444. The highest BCUT2D eigenvalue weighted by molar-refractivity contribution is 5.95. The maximum Gasteiger partial charge on any atom is 0.326 e. The molecule has 0 saturated heterocycles. The molecule has 1 atom stereocenters. The Morgan fingerprint density at radius 2 is 2.06 bits per heavy atom. The number of carbonyl (C=O) groups excluding carboxylic acids is 1. The van der Waals surface area contributed by atoms with E-state index in [0.717, 1.165) is 6.26 Å². The average Bonchev–Trinajstić information content (AvgIpc) is 2.28. The lowest BCUT2D eigenvalue weighted by atomic mass is 10.2. The second-order valence-electron chi connectivity index (χ2n) is 3.16. The minimum absolute atomic E-state index is 0.173. The minimum Gasteiger partial charge on any atom is -0.494 e. The predicted molar refractivity (Wildman–Crippen MR) is 51.8 cm³/mol. The van der Waals surface area contributed by atoms with Crippen LogP contribution in [0.3, 0.4) is 0 Å². The van der Waals surface area contributed by atoms with Gasteiger partial charge in [0.15, 0.2) is 0 Å². The lowest BCUT2D eigenvalue weighted by molar-refractivity contribution is -0.147. The summed E-state index contributed by atoms with van der Waals surface area (Å²) in [6, 6.07) is -1.51. The molecular formula is C9H11NO7. The van der Waals surface area contributed by atoms with Crippen molar-refractivity contribution in [3.63, 3.8) is 0 Å². The van der Waals surface area contributed by atoms with Crippen molar-refractivity contribution in [2.75, 3.05) is 13.2 Å². The minimum atomic E-state index is -1.51. The van der Waals surface area contributed by atoms with Gasteiger partial charge in [-0.3, -0.25) is 9.59 Å². The lowest BCUT2D eigenvalue weighted by Crippen LogP contribution is -2.43. The van der Waals surface area contributed by atoms with E-state index in [0.29, 0.717) is 6.61 Å². The van der Waals surface area contributed by atoms with E-state index in [1.54, 1.807) is 0 Å². The summed E-state index contributed by atoms with van der Waals surface area (Å²) < 4.78 is 9.72. The average molecular weight is 245 g/mol. The molecule has 8 heteroatoms. The molecule has 0 spiro atoms. The van der Waals surface area contributed by atoms with Gasteiger partial charge < -0.3 is 25.0 Å². The summed E-state index contributed by atoms with van der Waals surface area (Å²) in [4.78, 5) is 32.5. The maximum absolute atomic E-state index is 11.5. The fourth-order valence-corrected chi connectivity index (χ4v) is 1.09. The summed E-state index contributed by atoms with van der Waals surface area (Å²) >= 11 is 0. The van der Waals surface area contributed by atoms with Crippen molar-refractivity contribution in [3.05, 3.63) is 12.0 Å². The maximum atomic E-state index is 11.5. The van der Waals surface area contributed by atoms with Crippen molar-refractivity contribution < 1.29 is 34.1 Å². The molecule has 1 rings (SSSR count). The molecule has 1 aliphatic heterocycles. The van der Waals surface area contributed by atoms with E-state index < -0.39 is 30.3 Å². The number of ether oxygens (including phenoxy) is 2. The molecule has 0 radical (unpaired) electrons. The molecule has 0 aromatic carbocycles. The van der Waals surface area contributed by atoms with Crippen molar-refractivity contribution in [1.29, 1.82) is 0 Å². The van der Waals surface area contributed by atoms with Crippen LogP contribution in [0.1, 0.15) is 6.42 Å². The number of rotatable bonds is 5. The summed E-state index contributed by atoms with van der Waals surface area (Å²) in [6.07, 6.45) is 0.341. The van der Waals surface area contributed by atoms with E-state index in [1.165, 1.54) is 0 Å². The van der Waals surface area contributed by atoms with Crippen molar-refractivity contribution in [3.8, 4) is 0 Å². The zero-order valence-electron chi connectivity index (χ0n) is 8.71. The Labute approximate surface area is 95.8 Å². The monoisotopic (exact) mass is 245 g/mol. The Morgan fingerprint density at radius 3 is 2.53 bits per heavy atom. The van der Waals surface area contributed by atoms with Crippen LogP contribution in [-0.4, -0.2) is 47.3 Å². The summed E-state index contributed by atoms with van der Waals surface area (Å²) in [7, 11) is 0. The molecule has 0 saturated carbocycles. The standard InChI is InChI=1S/C9H11NO7/c11-7(12)3-5(9(14)15)10-8(13)6-4-16-1-2-17-6/h4-5H,1-3H2,(H,10,13)(H,11,12)(H,14,15). The Bertz CT molecular complexity index is 362. The normalized spacial score (nSPS) is 15.9. The molecule has 1 amide bonds. The largest absolute Gasteiger partial charge is 0.494 e. The Balaban J connectivity index is 2.60. The number of hydrogen-bond acceptors (Lipinski definition) is 5. The number of amides is 1. The zero-order chi connectivity index (χ0) is 12.8. The van der Waals surface area contributed by atoms with Gasteiger partial charge in [0.2, 0.25) is 5.76 Å². The van der Waals surface area contributed by atoms with Crippen molar-refractivity contribution in [2.24, 2.45) is 0 Å². The molecule has 1 unspecified atom stereocenters. The van der Waals surface area contributed by atoms with Gasteiger partial charge in [0, 0.05) is 0 Å². The SMILES string of the molecule is O=C(O)CC(NC(=O)C1=COCCO1)C(=O)O. The van der Waals surface area contributed by atoms with Crippen LogP contribution in [0, 0.1) is 0 Å². The third-order valence-corrected chi connectivity index (χ3v) is 1.86. The molecule has 3 N–H and O–H groups in total. The molecule has 0 aliphatic carbocycles. The molecule has 0 fully saturated rings. The van der Waals surface area contributed by atoms with Gasteiger partial charge in [-0.15, -0.1) is 0 Å². The van der Waals surface area contributed by atoms with Crippen molar-refractivity contribution in [2.45, 2.75) is 12.5 Å². The highest BCUT2D eigenvalue weighted by Gasteiger charge is 2.25. The van der Waals surface area contributed by atoms with Gasteiger partial charge in [-0.2, -0.15) is 0 Å². The summed E-state index contributed by atoms with van der Waals surface area (Å²) in [5.41, 5.74) is 0. The Morgan fingerprint density at radius 1 is 1.35 bits per heavy atom. The van der Waals surface area contributed by atoms with E-state index in [9.17, 15) is 14.4 Å². The molecule has 1 heterocycles. The first kappa shape index (κ1) is 12.8. The molecule has 1 aliphatic rings. The number of nitrogens with one attached hydrogen (secondary N) is 1. The van der Waals surface area contributed by atoms with Gasteiger partial charge >= 0.3 is 11.9 Å². The smallest absolute Gasteiger partial charge is 0.326 e. The predicted octanol–water partition coefficient (Wildman–Crippen LogP) is -1.08. The summed E-state index contributed by atoms with van der Waals surface area (Å²) in [6.45, 7) is 0.476. The van der Waals surface area contributed by atoms with Crippen LogP contribution in [0.4, 0.5) is 0 Å². The van der Waals surface area contributed by atoms with Crippen molar-refractivity contribution in [1.82, 2.24) is 5.32 Å². The number of aliphatic carboxylic acids is 2. The Hall–Kier alpha value is -2.25.